The molecule has 2 amide bonds. The Morgan fingerprint density at radius 3 is 1.60 bits per heavy atom. The van der Waals surface area contributed by atoms with Crippen LogP contribution in [0, 0.1) is 0 Å². The molecule has 0 spiro atoms. The number of hydrazine groups is 1. The van der Waals surface area contributed by atoms with Crippen molar-refractivity contribution in [3.05, 3.63) is 0 Å². The van der Waals surface area contributed by atoms with Crippen LogP contribution in [0.5, 0.6) is 0 Å². The van der Waals surface area contributed by atoms with Crippen molar-refractivity contribution in [1.29, 1.82) is 0 Å². The number of esters is 4. The number of carbonyl (C=O) groups excluding carboxylic acids is 6. The number of aliphatic carboxylic acids is 1. The molecule has 18 nitrogen and oxygen atoms in total. The second-order valence-corrected chi connectivity index (χ2v) is 12.7. The predicted molar refractivity (Wildman–Crippen MR) is 154 cm³/mol. The van der Waals surface area contributed by atoms with Crippen molar-refractivity contribution in [2.75, 3.05) is 6.61 Å². The lowest BCUT2D eigenvalue weighted by atomic mass is 9.98. The Labute approximate surface area is 271 Å². The van der Waals surface area contributed by atoms with Gasteiger partial charge in [-0.1, -0.05) is 0 Å². The van der Waals surface area contributed by atoms with Gasteiger partial charge in [-0.3, -0.25) is 19.2 Å². The lowest BCUT2D eigenvalue weighted by Crippen LogP contribution is -2.68. The smallest absolute Gasteiger partial charge is 0.431 e. The number of carbonyl (C=O) groups is 7. The maximum absolute atomic E-state index is 13.7. The van der Waals surface area contributed by atoms with Gasteiger partial charge in [0.15, 0.2) is 30.6 Å². The van der Waals surface area contributed by atoms with Crippen LogP contribution in [0.25, 0.3) is 0 Å². The van der Waals surface area contributed by atoms with E-state index in [1.807, 2.05) is 0 Å². The summed E-state index contributed by atoms with van der Waals surface area (Å²) in [7, 11) is 0. The van der Waals surface area contributed by atoms with E-state index in [0.717, 1.165) is 27.7 Å². The van der Waals surface area contributed by atoms with Gasteiger partial charge in [0.25, 0.3) is 0 Å². The van der Waals surface area contributed by atoms with Crippen molar-refractivity contribution >= 4 is 42.0 Å². The number of carboxylic acids is 1. The third kappa shape index (κ3) is 11.5. The Morgan fingerprint density at radius 2 is 1.15 bits per heavy atom. The molecule has 2 aliphatic heterocycles. The summed E-state index contributed by atoms with van der Waals surface area (Å²) in [4.78, 5) is 87.6. The Morgan fingerprint density at radius 1 is 0.681 bits per heavy atom. The van der Waals surface area contributed by atoms with E-state index < -0.39 is 103 Å². The summed E-state index contributed by atoms with van der Waals surface area (Å²) in [6.45, 7) is 12.9. The van der Waals surface area contributed by atoms with Gasteiger partial charge >= 0.3 is 42.0 Å². The van der Waals surface area contributed by atoms with Crippen LogP contribution in [0.2, 0.25) is 0 Å². The average Bonchev–Trinajstić information content (AvgIpc) is 2.87. The van der Waals surface area contributed by atoms with Gasteiger partial charge in [0.2, 0.25) is 6.29 Å². The molecule has 47 heavy (non-hydrogen) atoms. The first kappa shape index (κ1) is 39.0. The largest absolute Gasteiger partial charge is 0.480 e. The summed E-state index contributed by atoms with van der Waals surface area (Å²) < 4.78 is 44.3. The van der Waals surface area contributed by atoms with Gasteiger partial charge in [-0.25, -0.2) is 14.4 Å². The Kier molecular flexibility index (Phi) is 12.9. The van der Waals surface area contributed by atoms with Crippen LogP contribution in [0.1, 0.15) is 82.1 Å². The number of rotatable bonds is 8. The van der Waals surface area contributed by atoms with Crippen molar-refractivity contribution in [3.8, 4) is 0 Å². The number of amides is 2. The molecule has 2 aliphatic rings. The average molecular weight is 677 g/mol. The standard InChI is InChI=1S/C29H44N2O16/c1-14(32)40-13-19-21(41-15(2)33)22(42-16(3)34)23(43-17(4)35)25(44-19)45-20-12-11-18(24(36)37)30(26(38)46-28(5,6)7)31(20)27(39)47-29(8,9)10/h18-23,25H,11-13H2,1-10H3,(H,36,37)/t18-,19+,20-,21+,22-,23+,25-/m0/s1. The van der Waals surface area contributed by atoms with Crippen LogP contribution in [0.3, 0.4) is 0 Å². The van der Waals surface area contributed by atoms with E-state index in [9.17, 15) is 38.7 Å². The third-order valence-corrected chi connectivity index (χ3v) is 6.17. The molecule has 0 radical (unpaired) electrons. The number of carboxylic acid groups (broad SMARTS) is 1. The summed E-state index contributed by atoms with van der Waals surface area (Å²) in [5, 5.41) is 11.2. The zero-order valence-corrected chi connectivity index (χ0v) is 28.1. The normalized spacial score (nSPS) is 26.4. The highest BCUT2D eigenvalue weighted by Gasteiger charge is 2.55. The molecule has 0 unspecified atom stereocenters. The van der Waals surface area contributed by atoms with Gasteiger partial charge in [-0.2, -0.15) is 10.0 Å². The Balaban J connectivity index is 2.70. The highest BCUT2D eigenvalue weighted by atomic mass is 16.7. The number of hydrogen-bond acceptors (Lipinski definition) is 15. The first-order valence-corrected chi connectivity index (χ1v) is 14.7. The molecule has 1 N–H and O–H groups in total. The van der Waals surface area contributed by atoms with E-state index >= 15 is 0 Å². The van der Waals surface area contributed by atoms with Gasteiger partial charge in [-0.05, 0) is 54.4 Å². The molecule has 18 heteroatoms. The molecule has 0 aromatic carbocycles. The quantitative estimate of drug-likeness (QED) is 0.287. The molecule has 0 saturated carbocycles. The number of ether oxygens (including phenoxy) is 8. The first-order valence-electron chi connectivity index (χ1n) is 14.7. The van der Waals surface area contributed by atoms with Crippen LogP contribution in [0.4, 0.5) is 9.59 Å². The zero-order valence-electron chi connectivity index (χ0n) is 28.1. The topological polar surface area (TPSA) is 220 Å². The molecule has 2 saturated heterocycles. The lowest BCUT2D eigenvalue weighted by Gasteiger charge is -2.49. The second-order valence-electron chi connectivity index (χ2n) is 12.7. The maximum Gasteiger partial charge on any atom is 0.431 e. The van der Waals surface area contributed by atoms with Crippen molar-refractivity contribution in [2.45, 2.75) is 136 Å². The minimum atomic E-state index is -1.76. The monoisotopic (exact) mass is 676 g/mol. The molecule has 0 aromatic heterocycles. The minimum absolute atomic E-state index is 0.234. The molecular formula is C29H44N2O16. The highest BCUT2D eigenvalue weighted by molar-refractivity contribution is 5.83. The fourth-order valence-corrected chi connectivity index (χ4v) is 4.68. The summed E-state index contributed by atoms with van der Waals surface area (Å²) >= 11 is 0. The van der Waals surface area contributed by atoms with Crippen molar-refractivity contribution in [1.82, 2.24) is 10.0 Å². The van der Waals surface area contributed by atoms with Gasteiger partial charge in [0.1, 0.15) is 23.9 Å². The van der Waals surface area contributed by atoms with Crippen LogP contribution < -0.4 is 0 Å². The fourth-order valence-electron chi connectivity index (χ4n) is 4.68. The molecule has 2 fully saturated rings. The van der Waals surface area contributed by atoms with Crippen molar-refractivity contribution in [2.24, 2.45) is 0 Å². The van der Waals surface area contributed by atoms with Crippen LogP contribution in [0.15, 0.2) is 0 Å². The van der Waals surface area contributed by atoms with E-state index in [4.69, 9.17) is 37.9 Å². The van der Waals surface area contributed by atoms with Gasteiger partial charge in [-0.15, -0.1) is 0 Å². The van der Waals surface area contributed by atoms with Gasteiger partial charge < -0.3 is 43.0 Å². The minimum Gasteiger partial charge on any atom is -0.480 e. The zero-order chi connectivity index (χ0) is 36.0. The molecular weight excluding hydrogens is 632 g/mol. The first-order chi connectivity index (χ1) is 21.5. The summed E-state index contributed by atoms with van der Waals surface area (Å²) in [5.41, 5.74) is -2.25. The molecule has 7 atom stereocenters. The Hall–Kier alpha value is -4.19. The van der Waals surface area contributed by atoms with Crippen LogP contribution in [-0.4, -0.2) is 118 Å². The SMILES string of the molecule is CC(=O)OC[C@H]1O[C@@H](O[C@H]2CC[C@@H](C(=O)O)N(C(=O)OC(C)(C)C)N2C(=O)OC(C)(C)C)[C@H](OC(C)=O)[C@@H](OC(C)=O)[C@@H]1OC(C)=O. The fraction of sp³-hybridized carbons (Fsp3) is 0.759. The van der Waals surface area contributed by atoms with Crippen LogP contribution >= 0.6 is 0 Å². The maximum atomic E-state index is 13.7. The molecule has 0 aromatic rings. The number of nitrogens with zero attached hydrogens (tertiary/aromatic N) is 2. The predicted octanol–water partition coefficient (Wildman–Crippen LogP) is 2.05. The molecule has 266 valence electrons. The summed E-state index contributed by atoms with van der Waals surface area (Å²) in [6, 6.07) is -1.60. The number of hydrogen-bond donors (Lipinski definition) is 1. The molecule has 0 aliphatic carbocycles. The van der Waals surface area contributed by atoms with Crippen molar-refractivity contribution < 1.29 is 76.6 Å². The molecule has 2 heterocycles. The van der Waals surface area contributed by atoms with E-state index in [1.54, 1.807) is 0 Å². The summed E-state index contributed by atoms with van der Waals surface area (Å²) in [6.07, 6.45) is -12.3. The van der Waals surface area contributed by atoms with Crippen molar-refractivity contribution in [3.63, 3.8) is 0 Å². The van der Waals surface area contributed by atoms with E-state index in [2.05, 4.69) is 0 Å². The Bertz CT molecular complexity index is 1210. The molecule has 2 rings (SSSR count). The van der Waals surface area contributed by atoms with Gasteiger partial charge in [0.05, 0.1) is 0 Å². The van der Waals surface area contributed by atoms with Gasteiger partial charge in [0, 0.05) is 27.7 Å². The van der Waals surface area contributed by atoms with Crippen LogP contribution in [-0.2, 0) is 61.9 Å². The highest BCUT2D eigenvalue weighted by Crippen LogP contribution is 2.35. The van der Waals surface area contributed by atoms with E-state index in [1.165, 1.54) is 41.5 Å². The lowest BCUT2D eigenvalue weighted by molar-refractivity contribution is -0.337. The van der Waals surface area contributed by atoms with E-state index in [0.29, 0.717) is 10.0 Å². The third-order valence-electron chi connectivity index (χ3n) is 6.17. The van der Waals surface area contributed by atoms with E-state index in [-0.39, 0.29) is 12.8 Å². The molecule has 0 bridgehead atoms. The second kappa shape index (κ2) is 15.6. The summed E-state index contributed by atoms with van der Waals surface area (Å²) in [5.74, 6) is -4.84.